The van der Waals surface area contributed by atoms with Crippen molar-refractivity contribution in [3.63, 3.8) is 0 Å². The third kappa shape index (κ3) is 2.43. The van der Waals surface area contributed by atoms with E-state index in [2.05, 4.69) is 4.72 Å². The van der Waals surface area contributed by atoms with Gasteiger partial charge in [-0.3, -0.25) is 0 Å². The van der Waals surface area contributed by atoms with E-state index in [4.69, 9.17) is 4.74 Å². The molecule has 0 spiro atoms. The largest absolute Gasteiger partial charge is 0.359 e. The van der Waals surface area contributed by atoms with Crippen molar-refractivity contribution < 1.29 is 13.2 Å². The van der Waals surface area contributed by atoms with Crippen LogP contribution in [0.25, 0.3) is 0 Å². The lowest BCUT2D eigenvalue weighted by molar-refractivity contribution is 0.000905. The zero-order valence-corrected chi connectivity index (χ0v) is 8.44. The van der Waals surface area contributed by atoms with Crippen LogP contribution in [-0.2, 0) is 14.8 Å². The number of sulfonamides is 1. The van der Waals surface area contributed by atoms with Crippen LogP contribution >= 0.6 is 0 Å². The maximum Gasteiger partial charge on any atom is 0.235 e. The summed E-state index contributed by atoms with van der Waals surface area (Å²) in [5.41, 5.74) is -0.0110. The second-order valence-corrected chi connectivity index (χ2v) is 5.86. The second kappa shape index (κ2) is 2.97. The van der Waals surface area contributed by atoms with E-state index in [1.54, 1.807) is 0 Å². The fourth-order valence-corrected chi connectivity index (χ4v) is 1.86. The molecule has 0 radical (unpaired) electrons. The van der Waals surface area contributed by atoms with Crippen LogP contribution in [0.4, 0.5) is 0 Å². The standard InChI is InChI=1S/C7H15NO3S/c1-7(2,3)6-4-8-12(9,10)5-11-6/h6,8H,4-5H2,1-3H3. The van der Waals surface area contributed by atoms with Gasteiger partial charge in [-0.15, -0.1) is 0 Å². The molecule has 0 aromatic heterocycles. The van der Waals surface area contributed by atoms with Crippen LogP contribution in [-0.4, -0.2) is 27.0 Å². The SMILES string of the molecule is CC(C)(C)C1CNS(=O)(=O)CO1. The molecule has 1 rings (SSSR count). The first-order valence-electron chi connectivity index (χ1n) is 3.90. The molecule has 1 fully saturated rings. The number of hydrogen-bond acceptors (Lipinski definition) is 3. The summed E-state index contributed by atoms with van der Waals surface area (Å²) in [5, 5.41) is 0. The van der Waals surface area contributed by atoms with E-state index in [0.717, 1.165) is 0 Å². The lowest BCUT2D eigenvalue weighted by atomic mass is 9.89. The summed E-state index contributed by atoms with van der Waals surface area (Å²) in [6.45, 7) is 6.46. The molecule has 1 heterocycles. The summed E-state index contributed by atoms with van der Waals surface area (Å²) in [6.07, 6.45) is -0.0268. The fourth-order valence-electron chi connectivity index (χ4n) is 1.03. The van der Waals surface area contributed by atoms with Gasteiger partial charge in [-0.25, -0.2) is 13.1 Å². The summed E-state index contributed by atoms with van der Waals surface area (Å²) in [6, 6.07) is 0. The highest BCUT2D eigenvalue weighted by Crippen LogP contribution is 2.23. The highest BCUT2D eigenvalue weighted by atomic mass is 32.2. The van der Waals surface area contributed by atoms with Crippen LogP contribution in [0.2, 0.25) is 0 Å². The Kier molecular flexibility index (Phi) is 2.47. The predicted octanol–water partition coefficient (Wildman–Crippen LogP) is 0.308. The highest BCUT2D eigenvalue weighted by Gasteiger charge is 2.31. The number of rotatable bonds is 0. The van der Waals surface area contributed by atoms with Crippen molar-refractivity contribution in [2.24, 2.45) is 5.41 Å². The Labute approximate surface area is 73.3 Å². The molecule has 1 aliphatic heterocycles. The van der Waals surface area contributed by atoms with Crippen LogP contribution in [0, 0.1) is 5.41 Å². The van der Waals surface area contributed by atoms with Gasteiger partial charge in [0, 0.05) is 6.54 Å². The Balaban J connectivity index is 2.58. The minimum atomic E-state index is -3.15. The molecule has 1 aliphatic rings. The first-order valence-corrected chi connectivity index (χ1v) is 5.55. The number of nitrogens with one attached hydrogen (secondary N) is 1. The molecule has 0 saturated carbocycles. The molecule has 0 amide bonds. The van der Waals surface area contributed by atoms with Gasteiger partial charge in [-0.05, 0) is 5.41 Å². The minimum absolute atomic E-state index is 0.0110. The van der Waals surface area contributed by atoms with Gasteiger partial charge in [0.1, 0.15) is 0 Å². The molecule has 5 heteroatoms. The van der Waals surface area contributed by atoms with Crippen LogP contribution in [0.1, 0.15) is 20.8 Å². The maximum atomic E-state index is 10.9. The molecular formula is C7H15NO3S. The molecule has 1 N–H and O–H groups in total. The first kappa shape index (κ1) is 9.95. The molecular weight excluding hydrogens is 178 g/mol. The average Bonchev–Trinajstić information content (AvgIpc) is 1.83. The van der Waals surface area contributed by atoms with E-state index in [-0.39, 0.29) is 17.5 Å². The summed E-state index contributed by atoms with van der Waals surface area (Å²) >= 11 is 0. The Hall–Kier alpha value is -0.130. The summed E-state index contributed by atoms with van der Waals surface area (Å²) < 4.78 is 29.4. The number of ether oxygens (including phenoxy) is 1. The highest BCUT2D eigenvalue weighted by molar-refractivity contribution is 7.89. The molecule has 1 saturated heterocycles. The molecule has 1 unspecified atom stereocenters. The lowest BCUT2D eigenvalue weighted by Gasteiger charge is -2.33. The van der Waals surface area contributed by atoms with Crippen molar-refractivity contribution in [2.45, 2.75) is 26.9 Å². The smallest absolute Gasteiger partial charge is 0.235 e. The van der Waals surface area contributed by atoms with Gasteiger partial charge in [0.15, 0.2) is 5.94 Å². The van der Waals surface area contributed by atoms with Crippen molar-refractivity contribution in [1.82, 2.24) is 4.72 Å². The number of hydrogen-bond donors (Lipinski definition) is 1. The molecule has 72 valence electrons. The van der Waals surface area contributed by atoms with Crippen molar-refractivity contribution in [2.75, 3.05) is 12.5 Å². The Morgan fingerprint density at radius 3 is 2.33 bits per heavy atom. The van der Waals surface area contributed by atoms with Gasteiger partial charge >= 0.3 is 0 Å². The van der Waals surface area contributed by atoms with Gasteiger partial charge in [-0.2, -0.15) is 0 Å². The maximum absolute atomic E-state index is 10.9. The first-order chi connectivity index (χ1) is 5.31. The molecule has 0 aromatic carbocycles. The van der Waals surface area contributed by atoms with Gasteiger partial charge in [-0.1, -0.05) is 20.8 Å². The second-order valence-electron chi connectivity index (χ2n) is 4.10. The van der Waals surface area contributed by atoms with Crippen LogP contribution in [0.15, 0.2) is 0 Å². The normalized spacial score (nSPS) is 30.1. The average molecular weight is 193 g/mol. The third-order valence-electron chi connectivity index (χ3n) is 1.88. The molecule has 12 heavy (non-hydrogen) atoms. The van der Waals surface area contributed by atoms with Crippen LogP contribution < -0.4 is 4.72 Å². The molecule has 4 nitrogen and oxygen atoms in total. The lowest BCUT2D eigenvalue weighted by Crippen LogP contribution is -2.48. The summed E-state index contributed by atoms with van der Waals surface area (Å²) in [7, 11) is -3.15. The topological polar surface area (TPSA) is 55.4 Å². The zero-order valence-electron chi connectivity index (χ0n) is 7.62. The van der Waals surface area contributed by atoms with Gasteiger partial charge in [0.25, 0.3) is 0 Å². The van der Waals surface area contributed by atoms with Gasteiger partial charge in [0.2, 0.25) is 10.0 Å². The quantitative estimate of drug-likeness (QED) is 0.602. The Morgan fingerprint density at radius 1 is 1.42 bits per heavy atom. The van der Waals surface area contributed by atoms with Gasteiger partial charge in [0.05, 0.1) is 6.10 Å². The molecule has 0 bridgehead atoms. The summed E-state index contributed by atoms with van der Waals surface area (Å²) in [5.74, 6) is -0.213. The van der Waals surface area contributed by atoms with E-state index < -0.39 is 10.0 Å². The van der Waals surface area contributed by atoms with E-state index >= 15 is 0 Å². The van der Waals surface area contributed by atoms with E-state index in [0.29, 0.717) is 6.54 Å². The molecule has 0 aromatic rings. The van der Waals surface area contributed by atoms with Crippen molar-refractivity contribution in [3.8, 4) is 0 Å². The summed E-state index contributed by atoms with van der Waals surface area (Å²) in [4.78, 5) is 0. The van der Waals surface area contributed by atoms with Crippen molar-refractivity contribution >= 4 is 10.0 Å². The van der Waals surface area contributed by atoms with Crippen molar-refractivity contribution in [3.05, 3.63) is 0 Å². The molecule has 0 aliphatic carbocycles. The van der Waals surface area contributed by atoms with Crippen molar-refractivity contribution in [1.29, 1.82) is 0 Å². The zero-order chi connectivity index (χ0) is 9.41. The van der Waals surface area contributed by atoms with E-state index in [1.165, 1.54) is 0 Å². The fraction of sp³-hybridized carbons (Fsp3) is 1.00. The van der Waals surface area contributed by atoms with Gasteiger partial charge < -0.3 is 4.74 Å². The van der Waals surface area contributed by atoms with E-state index in [9.17, 15) is 8.42 Å². The van der Waals surface area contributed by atoms with Crippen LogP contribution in [0.3, 0.4) is 0 Å². The monoisotopic (exact) mass is 193 g/mol. The predicted molar refractivity (Wildman–Crippen MR) is 46.1 cm³/mol. The molecule has 1 atom stereocenters. The Bertz CT molecular complexity index is 238. The van der Waals surface area contributed by atoms with Crippen LogP contribution in [0.5, 0.6) is 0 Å². The van der Waals surface area contributed by atoms with E-state index in [1.807, 2.05) is 20.8 Å². The Morgan fingerprint density at radius 2 is 2.00 bits per heavy atom. The minimum Gasteiger partial charge on any atom is -0.359 e. The third-order valence-corrected chi connectivity index (χ3v) is 2.93.